The van der Waals surface area contributed by atoms with E-state index in [9.17, 15) is 0 Å². The zero-order valence-corrected chi connectivity index (χ0v) is 13.0. The lowest BCUT2D eigenvalue weighted by atomic mass is 10.2. The third-order valence-corrected chi connectivity index (χ3v) is 4.74. The molecule has 0 radical (unpaired) electrons. The third-order valence-electron chi connectivity index (χ3n) is 2.95. The summed E-state index contributed by atoms with van der Waals surface area (Å²) >= 11 is 5.25. The van der Waals surface area contributed by atoms with Crippen LogP contribution in [0.5, 0.6) is 0 Å². The summed E-state index contributed by atoms with van der Waals surface area (Å²) in [5.41, 5.74) is 8.69. The molecule has 3 rings (SSSR count). The molecule has 0 unspecified atom stereocenters. The van der Waals surface area contributed by atoms with Crippen molar-refractivity contribution in [1.29, 1.82) is 0 Å². The van der Waals surface area contributed by atoms with Crippen LogP contribution in [0.4, 0.5) is 5.69 Å². The van der Waals surface area contributed by atoms with Crippen LogP contribution in [0.25, 0.3) is 10.9 Å². The summed E-state index contributed by atoms with van der Waals surface area (Å²) in [5, 5.41) is 2.09. The van der Waals surface area contributed by atoms with E-state index in [1.54, 1.807) is 18.1 Å². The molecule has 0 bridgehead atoms. The molecule has 0 atom stereocenters. The summed E-state index contributed by atoms with van der Waals surface area (Å²) in [6, 6.07) is 13.9. The molecule has 1 aromatic heterocycles. The van der Waals surface area contributed by atoms with Crippen molar-refractivity contribution in [3.63, 3.8) is 0 Å². The maximum absolute atomic E-state index is 5.75. The average molecular weight is 346 g/mol. The van der Waals surface area contributed by atoms with E-state index in [2.05, 4.69) is 32.0 Å². The smallest absolute Gasteiger partial charge is 0.117 e. The highest BCUT2D eigenvalue weighted by molar-refractivity contribution is 9.10. The highest BCUT2D eigenvalue weighted by Gasteiger charge is 2.06. The van der Waals surface area contributed by atoms with Gasteiger partial charge >= 0.3 is 0 Å². The Balaban J connectivity index is 1.87. The van der Waals surface area contributed by atoms with E-state index >= 15 is 0 Å². The molecule has 0 aliphatic heterocycles. The first-order chi connectivity index (χ1) is 9.74. The zero-order chi connectivity index (χ0) is 13.9. The SMILES string of the molecule is Nc1ccc(CSc2ncnc3ccccc23)c(Br)c1. The van der Waals surface area contributed by atoms with E-state index in [0.29, 0.717) is 0 Å². The first-order valence-electron chi connectivity index (χ1n) is 6.10. The third kappa shape index (κ3) is 2.78. The fourth-order valence-electron chi connectivity index (χ4n) is 1.92. The number of hydrogen-bond acceptors (Lipinski definition) is 4. The Morgan fingerprint density at radius 3 is 2.80 bits per heavy atom. The van der Waals surface area contributed by atoms with Crippen molar-refractivity contribution >= 4 is 44.3 Å². The first-order valence-corrected chi connectivity index (χ1v) is 7.88. The van der Waals surface area contributed by atoms with Crippen LogP contribution >= 0.6 is 27.7 Å². The van der Waals surface area contributed by atoms with E-state index < -0.39 is 0 Å². The fourth-order valence-corrected chi connectivity index (χ4v) is 3.64. The Bertz CT molecular complexity index is 756. The van der Waals surface area contributed by atoms with Crippen molar-refractivity contribution in [2.24, 2.45) is 0 Å². The largest absolute Gasteiger partial charge is 0.399 e. The number of thioether (sulfide) groups is 1. The number of para-hydroxylation sites is 1. The van der Waals surface area contributed by atoms with Gasteiger partial charge in [0, 0.05) is 21.3 Å². The van der Waals surface area contributed by atoms with E-state index in [1.807, 2.05) is 36.4 Å². The minimum Gasteiger partial charge on any atom is -0.399 e. The molecule has 0 fully saturated rings. The molecule has 5 heteroatoms. The molecule has 1 heterocycles. The van der Waals surface area contributed by atoms with E-state index in [0.717, 1.165) is 31.8 Å². The molecule has 3 nitrogen and oxygen atoms in total. The van der Waals surface area contributed by atoms with Gasteiger partial charge in [-0.2, -0.15) is 0 Å². The van der Waals surface area contributed by atoms with E-state index in [4.69, 9.17) is 5.73 Å². The summed E-state index contributed by atoms with van der Waals surface area (Å²) in [4.78, 5) is 8.66. The number of hydrogen-bond donors (Lipinski definition) is 1. The van der Waals surface area contributed by atoms with Crippen LogP contribution in [-0.4, -0.2) is 9.97 Å². The maximum atomic E-state index is 5.75. The summed E-state index contributed by atoms with van der Waals surface area (Å²) in [6.45, 7) is 0. The first kappa shape index (κ1) is 13.4. The number of fused-ring (bicyclic) bond motifs is 1. The van der Waals surface area contributed by atoms with Gasteiger partial charge < -0.3 is 5.73 Å². The molecule has 2 N–H and O–H groups in total. The lowest BCUT2D eigenvalue weighted by Crippen LogP contribution is -1.90. The van der Waals surface area contributed by atoms with Gasteiger partial charge in [0.1, 0.15) is 11.4 Å². The van der Waals surface area contributed by atoms with Crippen molar-refractivity contribution in [1.82, 2.24) is 9.97 Å². The molecule has 0 saturated carbocycles. The Hall–Kier alpha value is -1.59. The number of anilines is 1. The standard InChI is InChI=1S/C15H12BrN3S/c16-13-7-11(17)6-5-10(13)8-20-15-12-3-1-2-4-14(12)18-9-19-15/h1-7,9H,8,17H2. The van der Waals surface area contributed by atoms with Crippen LogP contribution in [0.1, 0.15) is 5.56 Å². The van der Waals surface area contributed by atoms with Gasteiger partial charge in [-0.3, -0.25) is 0 Å². The molecule has 0 spiro atoms. The summed E-state index contributed by atoms with van der Waals surface area (Å²) < 4.78 is 1.03. The van der Waals surface area contributed by atoms with Crippen molar-refractivity contribution in [3.8, 4) is 0 Å². The minimum absolute atomic E-state index is 0.762. The van der Waals surface area contributed by atoms with Crippen LogP contribution in [0.2, 0.25) is 0 Å². The fraction of sp³-hybridized carbons (Fsp3) is 0.0667. The van der Waals surface area contributed by atoms with Crippen molar-refractivity contribution in [3.05, 3.63) is 58.8 Å². The molecule has 0 amide bonds. The maximum Gasteiger partial charge on any atom is 0.117 e. The van der Waals surface area contributed by atoms with Gasteiger partial charge in [-0.25, -0.2) is 9.97 Å². The van der Waals surface area contributed by atoms with Gasteiger partial charge in [0.15, 0.2) is 0 Å². The normalized spacial score (nSPS) is 10.8. The minimum atomic E-state index is 0.762. The van der Waals surface area contributed by atoms with Gasteiger partial charge in [-0.15, -0.1) is 11.8 Å². The second kappa shape index (κ2) is 5.81. The monoisotopic (exact) mass is 345 g/mol. The average Bonchev–Trinajstić information content (AvgIpc) is 2.46. The number of benzene rings is 2. The van der Waals surface area contributed by atoms with Crippen LogP contribution in [0.15, 0.2) is 58.3 Å². The molecule has 0 aliphatic rings. The molecule has 3 aromatic rings. The second-order valence-electron chi connectivity index (χ2n) is 4.34. The zero-order valence-electron chi connectivity index (χ0n) is 10.6. The van der Waals surface area contributed by atoms with Gasteiger partial charge in [0.05, 0.1) is 5.52 Å². The molecule has 100 valence electrons. The summed E-state index contributed by atoms with van der Waals surface area (Å²) in [5.74, 6) is 0.835. The Kier molecular flexibility index (Phi) is 3.89. The van der Waals surface area contributed by atoms with Crippen molar-refractivity contribution < 1.29 is 0 Å². The van der Waals surface area contributed by atoms with Gasteiger partial charge in [0.25, 0.3) is 0 Å². The van der Waals surface area contributed by atoms with Crippen LogP contribution < -0.4 is 5.73 Å². The number of rotatable bonds is 3. The highest BCUT2D eigenvalue weighted by atomic mass is 79.9. The van der Waals surface area contributed by atoms with Gasteiger partial charge in [-0.05, 0) is 23.8 Å². The number of nitrogens with zero attached hydrogens (tertiary/aromatic N) is 2. The molecule has 20 heavy (non-hydrogen) atoms. The lowest BCUT2D eigenvalue weighted by molar-refractivity contribution is 1.10. The van der Waals surface area contributed by atoms with Crippen molar-refractivity contribution in [2.45, 2.75) is 10.8 Å². The van der Waals surface area contributed by atoms with E-state index in [-0.39, 0.29) is 0 Å². The number of halogens is 1. The molecule has 2 aromatic carbocycles. The summed E-state index contributed by atoms with van der Waals surface area (Å²) in [7, 11) is 0. The van der Waals surface area contributed by atoms with Crippen LogP contribution in [0, 0.1) is 0 Å². The lowest BCUT2D eigenvalue weighted by Gasteiger charge is -2.07. The number of nitrogen functional groups attached to an aromatic ring is 1. The Morgan fingerprint density at radius 1 is 1.10 bits per heavy atom. The van der Waals surface area contributed by atoms with Gasteiger partial charge in [-0.1, -0.05) is 40.2 Å². The quantitative estimate of drug-likeness (QED) is 0.437. The topological polar surface area (TPSA) is 51.8 Å². The Morgan fingerprint density at radius 2 is 1.95 bits per heavy atom. The number of aromatic nitrogens is 2. The highest BCUT2D eigenvalue weighted by Crippen LogP contribution is 2.30. The molecule has 0 aliphatic carbocycles. The van der Waals surface area contributed by atoms with Crippen LogP contribution in [-0.2, 0) is 5.75 Å². The molecular weight excluding hydrogens is 334 g/mol. The predicted molar refractivity (Wildman–Crippen MR) is 87.7 cm³/mol. The number of nitrogens with two attached hydrogens (primary N) is 1. The predicted octanol–water partition coefficient (Wildman–Crippen LogP) is 4.27. The van der Waals surface area contributed by atoms with Gasteiger partial charge in [0.2, 0.25) is 0 Å². The van der Waals surface area contributed by atoms with Crippen LogP contribution in [0.3, 0.4) is 0 Å². The molecular formula is C15H12BrN3S. The second-order valence-corrected chi connectivity index (χ2v) is 6.15. The molecule has 0 saturated heterocycles. The van der Waals surface area contributed by atoms with E-state index in [1.165, 1.54) is 5.56 Å². The van der Waals surface area contributed by atoms with Crippen molar-refractivity contribution in [2.75, 3.05) is 5.73 Å². The summed E-state index contributed by atoms with van der Waals surface area (Å²) in [6.07, 6.45) is 1.61. The Labute approximate surface area is 129 Å².